The minimum atomic E-state index is 0.990. The van der Waals surface area contributed by atoms with E-state index in [-0.39, 0.29) is 0 Å². The molecule has 0 N–H and O–H groups in total. The van der Waals surface area contributed by atoms with E-state index in [0.717, 1.165) is 12.8 Å². The van der Waals surface area contributed by atoms with Gasteiger partial charge in [-0.25, -0.2) is 0 Å². The Hall–Kier alpha value is -0.440. The van der Waals surface area contributed by atoms with Crippen LogP contribution in [0.4, 0.5) is 0 Å². The molecule has 0 heteroatoms. The molecule has 0 unspecified atom stereocenters. The first-order chi connectivity index (χ1) is 2.91. The maximum atomic E-state index is 3.36. The van der Waals surface area contributed by atoms with Crippen LogP contribution in [0.1, 0.15) is 19.8 Å². The van der Waals surface area contributed by atoms with E-state index in [1.807, 2.05) is 0 Å². The van der Waals surface area contributed by atoms with Crippen molar-refractivity contribution >= 4 is 0 Å². The van der Waals surface area contributed by atoms with Crippen molar-refractivity contribution in [2.75, 3.05) is 0 Å². The predicted octanol–water partition coefficient (Wildman–Crippen LogP) is 1.62. The van der Waals surface area contributed by atoms with Gasteiger partial charge < -0.3 is 0 Å². The van der Waals surface area contributed by atoms with Gasteiger partial charge in [0.25, 0.3) is 0 Å². The van der Waals surface area contributed by atoms with Crippen LogP contribution in [0, 0.1) is 18.8 Å². The Bertz CT molecular complexity index is 61.8. The van der Waals surface area contributed by atoms with Gasteiger partial charge in [-0.3, -0.25) is 0 Å². The zero-order valence-corrected chi connectivity index (χ0v) is 4.12. The lowest BCUT2D eigenvalue weighted by Gasteiger charge is -1.71. The average Bonchev–Trinajstić information content (AvgIpc) is 1.61. The van der Waals surface area contributed by atoms with Crippen molar-refractivity contribution in [3.63, 3.8) is 0 Å². The van der Waals surface area contributed by atoms with Crippen LogP contribution in [0.25, 0.3) is 0 Å². The molecule has 0 saturated heterocycles. The average molecular weight is 81.1 g/mol. The van der Waals surface area contributed by atoms with Crippen LogP contribution in [0.3, 0.4) is 0 Å². The monoisotopic (exact) mass is 81.1 g/mol. The fourth-order valence-corrected chi connectivity index (χ4v) is 0.213. The Balaban J connectivity index is 2.79. The van der Waals surface area contributed by atoms with Crippen LogP contribution in [-0.4, -0.2) is 0 Å². The van der Waals surface area contributed by atoms with E-state index in [9.17, 15) is 0 Å². The Morgan fingerprint density at radius 1 is 1.67 bits per heavy atom. The van der Waals surface area contributed by atoms with Gasteiger partial charge in [-0.1, -0.05) is 6.92 Å². The number of unbranched alkanes of at least 4 members (excludes halogenated alkanes) is 1. The van der Waals surface area contributed by atoms with Gasteiger partial charge in [0.2, 0.25) is 0 Å². The van der Waals surface area contributed by atoms with Gasteiger partial charge >= 0.3 is 0 Å². The third-order valence-corrected chi connectivity index (χ3v) is 0.500. The molecule has 0 aliphatic rings. The molecule has 0 nitrogen and oxygen atoms in total. The summed E-state index contributed by atoms with van der Waals surface area (Å²) in [5, 5.41) is 0. The molecular formula is C6H9. The molecule has 0 heterocycles. The number of rotatable bonds is 1. The maximum Gasteiger partial charge on any atom is 0.0198 e. The first kappa shape index (κ1) is 5.56. The lowest BCUT2D eigenvalue weighted by atomic mass is 10.3. The minimum Gasteiger partial charge on any atom is -0.103 e. The predicted molar refractivity (Wildman–Crippen MR) is 28.0 cm³/mol. The second kappa shape index (κ2) is 4.56. The van der Waals surface area contributed by atoms with Gasteiger partial charge in [0.15, 0.2) is 0 Å². The molecule has 0 atom stereocenters. The third-order valence-electron chi connectivity index (χ3n) is 0.500. The molecular weight excluding hydrogens is 72.1 g/mol. The summed E-state index contributed by atoms with van der Waals surface area (Å²) in [6.07, 6.45) is 2.13. The van der Waals surface area contributed by atoms with Crippen LogP contribution in [-0.2, 0) is 0 Å². The van der Waals surface area contributed by atoms with E-state index in [2.05, 4.69) is 25.7 Å². The molecule has 0 fully saturated rings. The van der Waals surface area contributed by atoms with E-state index in [0.29, 0.717) is 0 Å². The minimum absolute atomic E-state index is 0.990. The van der Waals surface area contributed by atoms with Gasteiger partial charge in [0.1, 0.15) is 0 Å². The number of hydrogen-bond donors (Lipinski definition) is 0. The molecule has 0 spiro atoms. The summed E-state index contributed by atoms with van der Waals surface area (Å²) < 4.78 is 0. The molecule has 0 aromatic heterocycles. The van der Waals surface area contributed by atoms with Gasteiger partial charge in [0.05, 0.1) is 0 Å². The smallest absolute Gasteiger partial charge is 0.0198 e. The quantitative estimate of drug-likeness (QED) is 0.421. The molecule has 0 aromatic rings. The molecule has 0 saturated carbocycles. The molecule has 0 aliphatic carbocycles. The van der Waals surface area contributed by atoms with Gasteiger partial charge in [0, 0.05) is 13.3 Å². The Morgan fingerprint density at radius 2 is 2.33 bits per heavy atom. The lowest BCUT2D eigenvalue weighted by molar-refractivity contribution is 0.983. The third kappa shape index (κ3) is 3.56. The largest absolute Gasteiger partial charge is 0.103 e. The molecule has 0 bridgehead atoms. The van der Waals surface area contributed by atoms with Crippen molar-refractivity contribution in [2.24, 2.45) is 0 Å². The Kier molecular flexibility index (Phi) is 4.23. The highest BCUT2D eigenvalue weighted by Gasteiger charge is 1.63. The first-order valence-electron chi connectivity index (χ1n) is 2.16. The summed E-state index contributed by atoms with van der Waals surface area (Å²) in [7, 11) is 0. The highest BCUT2D eigenvalue weighted by Crippen LogP contribution is 1.78. The summed E-state index contributed by atoms with van der Waals surface area (Å²) in [4.78, 5) is 0. The summed E-state index contributed by atoms with van der Waals surface area (Å²) in [6, 6.07) is 0. The van der Waals surface area contributed by atoms with Crippen LogP contribution >= 0.6 is 0 Å². The zero-order valence-electron chi connectivity index (χ0n) is 4.12. The van der Waals surface area contributed by atoms with Crippen LogP contribution in [0.5, 0.6) is 0 Å². The summed E-state index contributed by atoms with van der Waals surface area (Å²) in [5.74, 6) is 5.41. The number of hydrogen-bond acceptors (Lipinski definition) is 0. The molecule has 0 amide bonds. The van der Waals surface area contributed by atoms with E-state index in [4.69, 9.17) is 0 Å². The maximum absolute atomic E-state index is 3.36. The molecule has 0 rings (SSSR count). The second-order valence-corrected chi connectivity index (χ2v) is 1.10. The van der Waals surface area contributed by atoms with Crippen molar-refractivity contribution in [3.8, 4) is 11.8 Å². The standard InChI is InChI=1S/C6H9/c1-3-5-6-4-2/h1,4,6H2,2H3. The SMILES string of the molecule is [CH2]C#CCCC. The lowest BCUT2D eigenvalue weighted by Crippen LogP contribution is -1.56. The highest BCUT2D eigenvalue weighted by atomic mass is 13.7. The van der Waals surface area contributed by atoms with Crippen LogP contribution < -0.4 is 0 Å². The Labute approximate surface area is 39.6 Å². The summed E-state index contributed by atoms with van der Waals surface area (Å²) in [5.41, 5.74) is 0. The van der Waals surface area contributed by atoms with E-state index >= 15 is 0 Å². The van der Waals surface area contributed by atoms with Crippen molar-refractivity contribution in [3.05, 3.63) is 6.92 Å². The topological polar surface area (TPSA) is 0 Å². The van der Waals surface area contributed by atoms with Crippen LogP contribution in [0.2, 0.25) is 0 Å². The summed E-state index contributed by atoms with van der Waals surface area (Å²) in [6.45, 7) is 5.46. The van der Waals surface area contributed by atoms with E-state index in [1.54, 1.807) is 0 Å². The summed E-state index contributed by atoms with van der Waals surface area (Å²) >= 11 is 0. The molecule has 1 radical (unpaired) electrons. The van der Waals surface area contributed by atoms with Crippen molar-refractivity contribution in [1.82, 2.24) is 0 Å². The zero-order chi connectivity index (χ0) is 4.83. The van der Waals surface area contributed by atoms with E-state index < -0.39 is 0 Å². The molecule has 6 heavy (non-hydrogen) atoms. The van der Waals surface area contributed by atoms with Crippen molar-refractivity contribution in [2.45, 2.75) is 19.8 Å². The molecule has 0 aromatic carbocycles. The van der Waals surface area contributed by atoms with Gasteiger partial charge in [-0.2, -0.15) is 0 Å². The van der Waals surface area contributed by atoms with E-state index in [1.165, 1.54) is 0 Å². The molecule has 0 aliphatic heterocycles. The normalized spacial score (nSPS) is 6.33. The van der Waals surface area contributed by atoms with Crippen molar-refractivity contribution < 1.29 is 0 Å². The van der Waals surface area contributed by atoms with Gasteiger partial charge in [-0.15, -0.1) is 11.8 Å². The van der Waals surface area contributed by atoms with Crippen LogP contribution in [0.15, 0.2) is 0 Å². The first-order valence-corrected chi connectivity index (χ1v) is 2.16. The highest BCUT2D eigenvalue weighted by molar-refractivity contribution is 5.00. The van der Waals surface area contributed by atoms with Crippen molar-refractivity contribution in [1.29, 1.82) is 0 Å². The fourth-order valence-electron chi connectivity index (χ4n) is 0.213. The Morgan fingerprint density at radius 3 is 2.50 bits per heavy atom. The molecule has 33 valence electrons. The van der Waals surface area contributed by atoms with Gasteiger partial charge in [-0.05, 0) is 6.42 Å². The fraction of sp³-hybridized carbons (Fsp3) is 0.500. The second-order valence-electron chi connectivity index (χ2n) is 1.10.